The van der Waals surface area contributed by atoms with Gasteiger partial charge in [0.05, 0.1) is 18.1 Å². The van der Waals surface area contributed by atoms with E-state index in [1.807, 2.05) is 46.7 Å². The Morgan fingerprint density at radius 3 is 2.09 bits per heavy atom. The summed E-state index contributed by atoms with van der Waals surface area (Å²) in [6, 6.07) is 18.0. The molecule has 2 aromatic carbocycles. The number of aromatic nitrogens is 3. The zero-order chi connectivity index (χ0) is 29.6. The topological polar surface area (TPSA) is 116 Å². The molecule has 0 atom stereocenters. The predicted molar refractivity (Wildman–Crippen MR) is 169 cm³/mol. The number of nitrogens with zero attached hydrogens (tertiary/aromatic N) is 6. The van der Waals surface area contributed by atoms with Gasteiger partial charge >= 0.3 is 6.03 Å². The van der Waals surface area contributed by atoms with Crippen LogP contribution in [-0.4, -0.2) is 95.7 Å². The molecule has 2 aliphatic rings. The Morgan fingerprint density at radius 1 is 0.814 bits per heavy atom. The van der Waals surface area contributed by atoms with E-state index < -0.39 is 0 Å². The van der Waals surface area contributed by atoms with Crippen LogP contribution in [0.4, 0.5) is 22.1 Å². The van der Waals surface area contributed by atoms with Gasteiger partial charge in [0.25, 0.3) is 5.91 Å². The summed E-state index contributed by atoms with van der Waals surface area (Å²) in [7, 11) is 0. The molecule has 222 valence electrons. The van der Waals surface area contributed by atoms with Gasteiger partial charge in [-0.25, -0.2) is 9.78 Å². The van der Waals surface area contributed by atoms with Crippen molar-refractivity contribution in [2.24, 2.45) is 0 Å². The Morgan fingerprint density at radius 2 is 1.47 bits per heavy atom. The number of rotatable bonds is 7. The van der Waals surface area contributed by atoms with Gasteiger partial charge in [-0.3, -0.25) is 4.79 Å². The third kappa shape index (κ3) is 6.99. The van der Waals surface area contributed by atoms with E-state index in [0.29, 0.717) is 47.7 Å². The van der Waals surface area contributed by atoms with E-state index in [2.05, 4.69) is 27.4 Å². The number of ether oxygens (including phenoxy) is 1. The van der Waals surface area contributed by atoms with Crippen LogP contribution in [0.2, 0.25) is 0 Å². The number of benzene rings is 2. The number of anilines is 3. The van der Waals surface area contributed by atoms with Crippen LogP contribution >= 0.6 is 11.3 Å². The maximum Gasteiger partial charge on any atom is 0.323 e. The quantitative estimate of drug-likeness (QED) is 0.319. The zero-order valence-corrected chi connectivity index (χ0v) is 24.8. The lowest BCUT2D eigenvalue weighted by Gasteiger charge is -2.34. The zero-order valence-electron chi connectivity index (χ0n) is 24.0. The van der Waals surface area contributed by atoms with E-state index in [1.165, 1.54) is 0 Å². The number of amides is 3. The first kappa shape index (κ1) is 28.7. The van der Waals surface area contributed by atoms with Crippen LogP contribution in [0, 0.1) is 0 Å². The van der Waals surface area contributed by atoms with Gasteiger partial charge in [-0.15, -0.1) is 11.3 Å². The van der Waals surface area contributed by atoms with E-state index in [1.54, 1.807) is 35.6 Å². The molecule has 2 aromatic heterocycles. The summed E-state index contributed by atoms with van der Waals surface area (Å²) in [6.45, 7) is 9.10. The van der Waals surface area contributed by atoms with Crippen molar-refractivity contribution in [3.63, 3.8) is 0 Å². The molecule has 12 heteroatoms. The fourth-order valence-electron chi connectivity index (χ4n) is 5.06. The molecule has 0 bridgehead atoms. The summed E-state index contributed by atoms with van der Waals surface area (Å²) in [5.41, 5.74) is 2.66. The maximum absolute atomic E-state index is 12.9. The first-order chi connectivity index (χ1) is 21.1. The summed E-state index contributed by atoms with van der Waals surface area (Å²) in [5, 5.41) is 7.70. The SMILES string of the molecule is CCN1CCN(C(=O)c2ccc(NC(=O)Nc3ccc(-c4nc(-c5cccs5)nc(N5CCOCC5)n4)cc3)cc2)CC1. The minimum absolute atomic E-state index is 0.0181. The fraction of sp³-hybridized carbons (Fsp3) is 0.323. The van der Waals surface area contributed by atoms with E-state index in [9.17, 15) is 9.59 Å². The minimum Gasteiger partial charge on any atom is -0.378 e. The highest BCUT2D eigenvalue weighted by Gasteiger charge is 2.22. The molecule has 2 aliphatic heterocycles. The summed E-state index contributed by atoms with van der Waals surface area (Å²) >= 11 is 1.58. The Hall–Kier alpha value is -4.39. The Labute approximate surface area is 254 Å². The summed E-state index contributed by atoms with van der Waals surface area (Å²) in [5.74, 6) is 1.85. The van der Waals surface area contributed by atoms with Crippen molar-refractivity contribution in [2.75, 3.05) is 74.6 Å². The van der Waals surface area contributed by atoms with Crippen LogP contribution in [0.15, 0.2) is 66.0 Å². The van der Waals surface area contributed by atoms with Crippen LogP contribution in [0.25, 0.3) is 22.1 Å². The number of thiophene rings is 1. The van der Waals surface area contributed by atoms with Gasteiger partial charge in [0.1, 0.15) is 0 Å². The lowest BCUT2D eigenvalue weighted by Crippen LogP contribution is -2.48. The highest BCUT2D eigenvalue weighted by Crippen LogP contribution is 2.27. The number of hydrogen-bond donors (Lipinski definition) is 2. The normalized spacial score (nSPS) is 15.7. The molecule has 2 saturated heterocycles. The van der Waals surface area contributed by atoms with Gasteiger partial charge in [-0.05, 0) is 66.5 Å². The molecule has 0 saturated carbocycles. The third-order valence-electron chi connectivity index (χ3n) is 7.56. The number of carbonyl (C=O) groups is 2. The fourth-order valence-corrected chi connectivity index (χ4v) is 5.71. The smallest absolute Gasteiger partial charge is 0.323 e. The number of nitrogens with one attached hydrogen (secondary N) is 2. The molecule has 0 radical (unpaired) electrons. The maximum atomic E-state index is 12.9. The second kappa shape index (κ2) is 13.3. The van der Waals surface area contributed by atoms with E-state index in [-0.39, 0.29) is 11.9 Å². The Bertz CT molecular complexity index is 1530. The molecule has 2 fully saturated rings. The molecule has 0 spiro atoms. The van der Waals surface area contributed by atoms with Gasteiger partial charge in [-0.2, -0.15) is 9.97 Å². The van der Waals surface area contributed by atoms with Gasteiger partial charge in [0.2, 0.25) is 5.95 Å². The highest BCUT2D eigenvalue weighted by molar-refractivity contribution is 7.13. The van der Waals surface area contributed by atoms with Gasteiger partial charge < -0.3 is 30.1 Å². The Kier molecular flexibility index (Phi) is 8.87. The molecule has 6 rings (SSSR count). The van der Waals surface area contributed by atoms with Crippen LogP contribution in [-0.2, 0) is 4.74 Å². The van der Waals surface area contributed by atoms with Crippen molar-refractivity contribution in [3.8, 4) is 22.1 Å². The molecule has 4 heterocycles. The Balaban J connectivity index is 1.09. The monoisotopic (exact) mass is 598 g/mol. The van der Waals surface area contributed by atoms with E-state index in [0.717, 1.165) is 56.3 Å². The summed E-state index contributed by atoms with van der Waals surface area (Å²) < 4.78 is 5.50. The minimum atomic E-state index is -0.378. The third-order valence-corrected chi connectivity index (χ3v) is 8.42. The van der Waals surface area contributed by atoms with Crippen molar-refractivity contribution < 1.29 is 14.3 Å². The van der Waals surface area contributed by atoms with Crippen molar-refractivity contribution >= 4 is 40.6 Å². The first-order valence-electron chi connectivity index (χ1n) is 14.5. The van der Waals surface area contributed by atoms with Crippen LogP contribution in [0.1, 0.15) is 17.3 Å². The van der Waals surface area contributed by atoms with Gasteiger partial charge in [-0.1, -0.05) is 13.0 Å². The summed E-state index contributed by atoms with van der Waals surface area (Å²) in [6.07, 6.45) is 0. The molecule has 11 nitrogen and oxygen atoms in total. The second-order valence-corrected chi connectivity index (χ2v) is 11.3. The van der Waals surface area contributed by atoms with Gasteiger partial charge in [0.15, 0.2) is 11.6 Å². The van der Waals surface area contributed by atoms with Crippen molar-refractivity contribution in [2.45, 2.75) is 6.92 Å². The molecule has 4 aromatic rings. The predicted octanol–water partition coefficient (Wildman–Crippen LogP) is 4.53. The first-order valence-corrected chi connectivity index (χ1v) is 15.4. The van der Waals surface area contributed by atoms with Crippen LogP contribution < -0.4 is 15.5 Å². The van der Waals surface area contributed by atoms with Crippen LogP contribution in [0.3, 0.4) is 0 Å². The number of urea groups is 1. The molecule has 43 heavy (non-hydrogen) atoms. The highest BCUT2D eigenvalue weighted by atomic mass is 32.1. The number of likely N-dealkylation sites (N-methyl/N-ethyl adjacent to an activating group) is 1. The molecular weight excluding hydrogens is 564 g/mol. The van der Waals surface area contributed by atoms with Gasteiger partial charge in [0, 0.05) is 61.8 Å². The number of morpholine rings is 1. The van der Waals surface area contributed by atoms with Crippen molar-refractivity contribution in [1.82, 2.24) is 24.8 Å². The molecular formula is C31H34N8O3S. The van der Waals surface area contributed by atoms with E-state index >= 15 is 0 Å². The van der Waals surface area contributed by atoms with Crippen molar-refractivity contribution in [3.05, 3.63) is 71.6 Å². The average Bonchev–Trinajstić information content (AvgIpc) is 3.61. The molecule has 0 unspecified atom stereocenters. The lowest BCUT2D eigenvalue weighted by molar-refractivity contribution is 0.0643. The standard InChI is InChI=1S/C31H34N8O3S/c1-2-37-13-15-38(16-14-37)29(40)23-7-11-25(12-8-23)33-31(41)32-24-9-5-22(6-10-24)27-34-28(26-4-3-21-43-26)36-30(35-27)39-17-19-42-20-18-39/h3-12,21H,2,13-20H2,1H3,(H2,32,33,41). The number of carbonyl (C=O) groups excluding carboxylic acids is 2. The largest absolute Gasteiger partial charge is 0.378 e. The lowest BCUT2D eigenvalue weighted by atomic mass is 10.1. The molecule has 3 amide bonds. The second-order valence-electron chi connectivity index (χ2n) is 10.3. The average molecular weight is 599 g/mol. The van der Waals surface area contributed by atoms with Crippen LogP contribution in [0.5, 0.6) is 0 Å². The molecule has 0 aliphatic carbocycles. The van der Waals surface area contributed by atoms with E-state index in [4.69, 9.17) is 19.7 Å². The molecule has 2 N–H and O–H groups in total. The summed E-state index contributed by atoms with van der Waals surface area (Å²) in [4.78, 5) is 47.1. The number of hydrogen-bond acceptors (Lipinski definition) is 9. The number of piperazine rings is 1. The van der Waals surface area contributed by atoms with Crippen molar-refractivity contribution in [1.29, 1.82) is 0 Å².